The van der Waals surface area contributed by atoms with E-state index in [4.69, 9.17) is 0 Å². The minimum atomic E-state index is 0.675. The standard InChI is InChI=1S/C10H18N2S/c1-7-10-8(3-4-12-7)5-9(13-10)6-11-2/h5,7-8,10-12H,3-4,6H2,1-2H3. The summed E-state index contributed by atoms with van der Waals surface area (Å²) in [6, 6.07) is 0.675. The molecule has 2 aliphatic heterocycles. The van der Waals surface area contributed by atoms with Gasteiger partial charge in [-0.3, -0.25) is 0 Å². The first-order valence-electron chi connectivity index (χ1n) is 5.06. The number of hydrogen-bond acceptors (Lipinski definition) is 3. The predicted octanol–water partition coefficient (Wildman–Crippen LogP) is 1.20. The van der Waals surface area contributed by atoms with Crippen LogP contribution in [0.1, 0.15) is 13.3 Å². The van der Waals surface area contributed by atoms with Crippen LogP contribution in [0.25, 0.3) is 0 Å². The maximum Gasteiger partial charge on any atom is 0.0306 e. The molecule has 2 nitrogen and oxygen atoms in total. The highest BCUT2D eigenvalue weighted by molar-refractivity contribution is 8.04. The Morgan fingerprint density at radius 2 is 2.54 bits per heavy atom. The van der Waals surface area contributed by atoms with E-state index in [0.29, 0.717) is 6.04 Å². The molecule has 0 amide bonds. The monoisotopic (exact) mass is 198 g/mol. The average Bonchev–Trinajstić information content (AvgIpc) is 2.49. The van der Waals surface area contributed by atoms with Gasteiger partial charge in [-0.2, -0.15) is 0 Å². The first-order valence-corrected chi connectivity index (χ1v) is 5.94. The molecule has 0 aliphatic carbocycles. The van der Waals surface area contributed by atoms with Crippen LogP contribution in [-0.4, -0.2) is 31.4 Å². The van der Waals surface area contributed by atoms with Crippen LogP contribution in [0.2, 0.25) is 0 Å². The molecule has 13 heavy (non-hydrogen) atoms. The molecular formula is C10H18N2S. The molecule has 3 heteroatoms. The molecule has 3 unspecified atom stereocenters. The van der Waals surface area contributed by atoms with Crippen molar-refractivity contribution in [3.8, 4) is 0 Å². The van der Waals surface area contributed by atoms with Gasteiger partial charge in [0.25, 0.3) is 0 Å². The summed E-state index contributed by atoms with van der Waals surface area (Å²) in [6.07, 6.45) is 3.79. The van der Waals surface area contributed by atoms with Crippen molar-refractivity contribution in [3.05, 3.63) is 11.0 Å². The molecule has 0 spiro atoms. The number of piperidine rings is 1. The summed E-state index contributed by atoms with van der Waals surface area (Å²) < 4.78 is 0. The summed E-state index contributed by atoms with van der Waals surface area (Å²) in [6.45, 7) is 4.54. The van der Waals surface area contributed by atoms with Crippen molar-refractivity contribution in [3.63, 3.8) is 0 Å². The highest BCUT2D eigenvalue weighted by Gasteiger charge is 2.34. The van der Waals surface area contributed by atoms with Crippen molar-refractivity contribution >= 4 is 11.8 Å². The number of fused-ring (bicyclic) bond motifs is 1. The Morgan fingerprint density at radius 1 is 1.69 bits per heavy atom. The predicted molar refractivity (Wildman–Crippen MR) is 59.0 cm³/mol. The number of likely N-dealkylation sites (N-methyl/N-ethyl adjacent to an activating group) is 1. The van der Waals surface area contributed by atoms with Gasteiger partial charge in [0.05, 0.1) is 0 Å². The minimum absolute atomic E-state index is 0.675. The lowest BCUT2D eigenvalue weighted by atomic mass is 9.92. The van der Waals surface area contributed by atoms with Gasteiger partial charge in [0.2, 0.25) is 0 Å². The Morgan fingerprint density at radius 3 is 3.23 bits per heavy atom. The number of hydrogen-bond donors (Lipinski definition) is 2. The van der Waals surface area contributed by atoms with Crippen LogP contribution >= 0.6 is 11.8 Å². The van der Waals surface area contributed by atoms with Gasteiger partial charge in [0.1, 0.15) is 0 Å². The molecule has 0 bridgehead atoms. The molecule has 2 N–H and O–H groups in total. The van der Waals surface area contributed by atoms with Crippen molar-refractivity contribution < 1.29 is 0 Å². The van der Waals surface area contributed by atoms with Crippen LogP contribution in [0.5, 0.6) is 0 Å². The maximum absolute atomic E-state index is 3.54. The number of allylic oxidation sites excluding steroid dienone is 1. The number of nitrogens with one attached hydrogen (secondary N) is 2. The SMILES string of the molecule is CNCC1=CC2CCNC(C)C2S1. The van der Waals surface area contributed by atoms with Gasteiger partial charge in [-0.1, -0.05) is 6.08 Å². The van der Waals surface area contributed by atoms with E-state index in [1.54, 1.807) is 0 Å². The lowest BCUT2D eigenvalue weighted by Gasteiger charge is -2.31. The van der Waals surface area contributed by atoms with E-state index in [1.807, 2.05) is 7.05 Å². The van der Waals surface area contributed by atoms with Gasteiger partial charge in [-0.05, 0) is 37.8 Å². The van der Waals surface area contributed by atoms with Crippen LogP contribution in [0.3, 0.4) is 0 Å². The lowest BCUT2D eigenvalue weighted by Crippen LogP contribution is -2.44. The largest absolute Gasteiger partial charge is 0.315 e. The highest BCUT2D eigenvalue weighted by atomic mass is 32.2. The molecule has 2 heterocycles. The van der Waals surface area contributed by atoms with Crippen molar-refractivity contribution in [2.45, 2.75) is 24.6 Å². The lowest BCUT2D eigenvalue weighted by molar-refractivity contribution is 0.379. The Kier molecular flexibility index (Phi) is 2.96. The summed E-state index contributed by atoms with van der Waals surface area (Å²) in [5, 5.41) is 7.56. The van der Waals surface area contributed by atoms with Crippen LogP contribution in [-0.2, 0) is 0 Å². The van der Waals surface area contributed by atoms with Crippen molar-refractivity contribution in [1.29, 1.82) is 0 Å². The van der Waals surface area contributed by atoms with E-state index in [-0.39, 0.29) is 0 Å². The first-order chi connectivity index (χ1) is 6.31. The summed E-state index contributed by atoms with van der Waals surface area (Å²) in [5.74, 6) is 0.824. The quantitative estimate of drug-likeness (QED) is 0.697. The molecule has 3 atom stereocenters. The third-order valence-electron chi connectivity index (χ3n) is 2.90. The molecule has 0 aromatic heterocycles. The van der Waals surface area contributed by atoms with Crippen molar-refractivity contribution in [1.82, 2.24) is 10.6 Å². The Labute approximate surface area is 84.5 Å². The zero-order chi connectivity index (χ0) is 9.26. The van der Waals surface area contributed by atoms with E-state index in [0.717, 1.165) is 17.7 Å². The van der Waals surface area contributed by atoms with Gasteiger partial charge >= 0.3 is 0 Å². The molecule has 2 aliphatic rings. The first kappa shape index (κ1) is 9.56. The molecule has 1 fully saturated rings. The van der Waals surface area contributed by atoms with Gasteiger partial charge < -0.3 is 10.6 Å². The third kappa shape index (κ3) is 1.92. The normalized spacial score (nSPS) is 38.6. The van der Waals surface area contributed by atoms with Crippen LogP contribution in [0.15, 0.2) is 11.0 Å². The van der Waals surface area contributed by atoms with Crippen LogP contribution in [0.4, 0.5) is 0 Å². The Balaban J connectivity index is 2.00. The highest BCUT2D eigenvalue weighted by Crippen LogP contribution is 2.41. The molecular weight excluding hydrogens is 180 g/mol. The Bertz CT molecular complexity index is 215. The summed E-state index contributed by atoms with van der Waals surface area (Å²) in [7, 11) is 2.02. The topological polar surface area (TPSA) is 24.1 Å². The molecule has 0 aromatic carbocycles. The molecule has 1 saturated heterocycles. The number of rotatable bonds is 2. The van der Waals surface area contributed by atoms with Crippen molar-refractivity contribution in [2.24, 2.45) is 5.92 Å². The zero-order valence-electron chi connectivity index (χ0n) is 8.34. The third-order valence-corrected chi connectivity index (χ3v) is 4.51. The number of thioether (sulfide) groups is 1. The summed E-state index contributed by atoms with van der Waals surface area (Å²) in [4.78, 5) is 1.54. The van der Waals surface area contributed by atoms with Crippen LogP contribution < -0.4 is 10.6 Å². The molecule has 0 saturated carbocycles. The Hall–Kier alpha value is 0.01000. The molecule has 0 radical (unpaired) electrons. The molecule has 0 aromatic rings. The summed E-state index contributed by atoms with van der Waals surface area (Å²) >= 11 is 2.06. The fourth-order valence-corrected chi connectivity index (χ4v) is 3.74. The van der Waals surface area contributed by atoms with E-state index < -0.39 is 0 Å². The van der Waals surface area contributed by atoms with E-state index in [2.05, 4.69) is 35.4 Å². The van der Waals surface area contributed by atoms with Gasteiger partial charge in [0.15, 0.2) is 0 Å². The second kappa shape index (κ2) is 4.03. The second-order valence-electron chi connectivity index (χ2n) is 3.94. The van der Waals surface area contributed by atoms with E-state index in [9.17, 15) is 0 Å². The van der Waals surface area contributed by atoms with Gasteiger partial charge in [-0.15, -0.1) is 11.8 Å². The minimum Gasteiger partial charge on any atom is -0.315 e. The van der Waals surface area contributed by atoms with E-state index >= 15 is 0 Å². The zero-order valence-corrected chi connectivity index (χ0v) is 9.16. The smallest absolute Gasteiger partial charge is 0.0306 e. The molecule has 2 rings (SSSR count). The fourth-order valence-electron chi connectivity index (χ4n) is 2.22. The second-order valence-corrected chi connectivity index (χ2v) is 5.25. The van der Waals surface area contributed by atoms with Gasteiger partial charge in [-0.25, -0.2) is 0 Å². The molecule has 74 valence electrons. The maximum atomic E-state index is 3.54. The fraction of sp³-hybridized carbons (Fsp3) is 0.800. The summed E-state index contributed by atoms with van der Waals surface area (Å²) in [5.41, 5.74) is 0. The van der Waals surface area contributed by atoms with E-state index in [1.165, 1.54) is 17.9 Å². The van der Waals surface area contributed by atoms with Gasteiger partial charge in [0, 0.05) is 17.8 Å². The van der Waals surface area contributed by atoms with Crippen molar-refractivity contribution in [2.75, 3.05) is 20.1 Å². The average molecular weight is 198 g/mol. The van der Waals surface area contributed by atoms with Crippen LogP contribution in [0, 0.1) is 5.92 Å².